The second kappa shape index (κ2) is 7.95. The summed E-state index contributed by atoms with van der Waals surface area (Å²) in [4.78, 5) is 2.56. The third kappa shape index (κ3) is 4.55. The smallest absolute Gasteiger partial charge is 0.0475 e. The van der Waals surface area contributed by atoms with Crippen LogP contribution in [0.2, 0.25) is 0 Å². The van der Waals surface area contributed by atoms with E-state index in [1.807, 2.05) is 0 Å². The molecule has 1 aliphatic rings. The van der Waals surface area contributed by atoms with Crippen LogP contribution in [-0.4, -0.2) is 31.1 Å². The lowest BCUT2D eigenvalue weighted by atomic mass is 9.97. The number of likely N-dealkylation sites (N-methyl/N-ethyl adjacent to an activating group) is 2. The standard InChI is InChI=1S/C19H32N2/c1-5-20-19(18-12-10-15(2)11-13-18)16(3)21(4)14-17-8-6-7-9-17/h10-13,16-17,19-20H,5-9,14H2,1-4H3. The van der Waals surface area contributed by atoms with E-state index in [0.29, 0.717) is 12.1 Å². The fourth-order valence-corrected chi connectivity index (χ4v) is 3.58. The maximum absolute atomic E-state index is 3.68. The van der Waals surface area contributed by atoms with Gasteiger partial charge in [-0.05, 0) is 51.8 Å². The number of benzene rings is 1. The number of aryl methyl sites for hydroxylation is 1. The third-order valence-corrected chi connectivity index (χ3v) is 5.06. The number of nitrogens with one attached hydrogen (secondary N) is 1. The summed E-state index contributed by atoms with van der Waals surface area (Å²) in [7, 11) is 2.29. The summed E-state index contributed by atoms with van der Waals surface area (Å²) in [6.45, 7) is 8.98. The lowest BCUT2D eigenvalue weighted by Gasteiger charge is -2.34. The van der Waals surface area contributed by atoms with Gasteiger partial charge in [-0.15, -0.1) is 0 Å². The minimum Gasteiger partial charge on any atom is -0.309 e. The Morgan fingerprint density at radius 2 is 1.81 bits per heavy atom. The molecule has 0 aromatic heterocycles. The summed E-state index contributed by atoms with van der Waals surface area (Å²) in [5.74, 6) is 0.915. The van der Waals surface area contributed by atoms with Gasteiger partial charge in [0.1, 0.15) is 0 Å². The molecular weight excluding hydrogens is 256 g/mol. The van der Waals surface area contributed by atoms with Gasteiger partial charge < -0.3 is 10.2 Å². The van der Waals surface area contributed by atoms with Crippen LogP contribution in [0.3, 0.4) is 0 Å². The maximum atomic E-state index is 3.68. The highest BCUT2D eigenvalue weighted by Crippen LogP contribution is 2.27. The molecular formula is C19H32N2. The van der Waals surface area contributed by atoms with Gasteiger partial charge in [0.2, 0.25) is 0 Å². The number of hydrogen-bond donors (Lipinski definition) is 1. The second-order valence-electron chi connectivity index (χ2n) is 6.78. The average Bonchev–Trinajstić information content (AvgIpc) is 2.98. The van der Waals surface area contributed by atoms with E-state index in [2.05, 4.69) is 62.3 Å². The van der Waals surface area contributed by atoms with Gasteiger partial charge in [-0.3, -0.25) is 0 Å². The fourth-order valence-electron chi connectivity index (χ4n) is 3.58. The molecule has 0 aliphatic heterocycles. The molecule has 1 saturated carbocycles. The largest absolute Gasteiger partial charge is 0.309 e. The predicted molar refractivity (Wildman–Crippen MR) is 91.6 cm³/mol. The minimum atomic E-state index is 0.419. The SMILES string of the molecule is CCNC(c1ccc(C)cc1)C(C)N(C)CC1CCCC1. The molecule has 21 heavy (non-hydrogen) atoms. The van der Waals surface area contributed by atoms with Gasteiger partial charge in [-0.2, -0.15) is 0 Å². The molecule has 0 radical (unpaired) electrons. The van der Waals surface area contributed by atoms with Crippen molar-refractivity contribution < 1.29 is 0 Å². The molecule has 0 bridgehead atoms. The first-order valence-electron chi connectivity index (χ1n) is 8.62. The van der Waals surface area contributed by atoms with Crippen LogP contribution in [-0.2, 0) is 0 Å². The van der Waals surface area contributed by atoms with Gasteiger partial charge in [0, 0.05) is 18.6 Å². The highest BCUT2D eigenvalue weighted by Gasteiger charge is 2.25. The first-order valence-corrected chi connectivity index (χ1v) is 8.62. The summed E-state index contributed by atoms with van der Waals surface area (Å²) in [6, 6.07) is 9.95. The highest BCUT2D eigenvalue weighted by molar-refractivity contribution is 5.25. The molecule has 2 nitrogen and oxygen atoms in total. The van der Waals surface area contributed by atoms with Crippen molar-refractivity contribution >= 4 is 0 Å². The van der Waals surface area contributed by atoms with Gasteiger partial charge in [-0.1, -0.05) is 49.6 Å². The first-order chi connectivity index (χ1) is 10.1. The Morgan fingerprint density at radius 3 is 2.38 bits per heavy atom. The molecule has 0 amide bonds. The molecule has 1 aromatic carbocycles. The zero-order valence-corrected chi connectivity index (χ0v) is 14.2. The van der Waals surface area contributed by atoms with E-state index in [1.165, 1.54) is 43.4 Å². The summed E-state index contributed by atoms with van der Waals surface area (Å²) in [6.07, 6.45) is 5.71. The zero-order valence-electron chi connectivity index (χ0n) is 14.2. The molecule has 2 atom stereocenters. The molecule has 1 aliphatic carbocycles. The Bertz CT molecular complexity index is 406. The van der Waals surface area contributed by atoms with Gasteiger partial charge in [0.25, 0.3) is 0 Å². The van der Waals surface area contributed by atoms with E-state index in [-0.39, 0.29) is 0 Å². The van der Waals surface area contributed by atoms with Crippen LogP contribution in [0.25, 0.3) is 0 Å². The van der Waals surface area contributed by atoms with Crippen molar-refractivity contribution in [1.82, 2.24) is 10.2 Å². The van der Waals surface area contributed by atoms with E-state index >= 15 is 0 Å². The normalized spacial score (nSPS) is 19.1. The molecule has 1 fully saturated rings. The highest BCUT2D eigenvalue weighted by atomic mass is 15.2. The van der Waals surface area contributed by atoms with Crippen LogP contribution in [0.5, 0.6) is 0 Å². The Labute approximate surface area is 130 Å². The van der Waals surface area contributed by atoms with Crippen molar-refractivity contribution in [3.8, 4) is 0 Å². The zero-order chi connectivity index (χ0) is 15.2. The molecule has 2 heteroatoms. The van der Waals surface area contributed by atoms with Crippen molar-refractivity contribution in [2.75, 3.05) is 20.1 Å². The Morgan fingerprint density at radius 1 is 1.19 bits per heavy atom. The topological polar surface area (TPSA) is 15.3 Å². The van der Waals surface area contributed by atoms with Gasteiger partial charge in [-0.25, -0.2) is 0 Å². The van der Waals surface area contributed by atoms with Gasteiger partial charge >= 0.3 is 0 Å². The molecule has 0 saturated heterocycles. The summed E-state index contributed by atoms with van der Waals surface area (Å²) in [5.41, 5.74) is 2.74. The van der Waals surface area contributed by atoms with Crippen LogP contribution in [0, 0.1) is 12.8 Å². The number of nitrogens with zero attached hydrogens (tertiary/aromatic N) is 1. The molecule has 2 rings (SSSR count). The van der Waals surface area contributed by atoms with Crippen LogP contribution >= 0.6 is 0 Å². The van der Waals surface area contributed by atoms with Crippen molar-refractivity contribution in [3.05, 3.63) is 35.4 Å². The second-order valence-corrected chi connectivity index (χ2v) is 6.78. The van der Waals surface area contributed by atoms with Crippen molar-refractivity contribution in [3.63, 3.8) is 0 Å². The van der Waals surface area contributed by atoms with Crippen LogP contribution < -0.4 is 5.32 Å². The Kier molecular flexibility index (Phi) is 6.25. The lowest BCUT2D eigenvalue weighted by molar-refractivity contribution is 0.180. The molecule has 2 unspecified atom stereocenters. The quantitative estimate of drug-likeness (QED) is 0.810. The van der Waals surface area contributed by atoms with Crippen LogP contribution in [0.1, 0.15) is 56.7 Å². The molecule has 0 spiro atoms. The molecule has 1 aromatic rings. The molecule has 118 valence electrons. The van der Waals surface area contributed by atoms with E-state index in [1.54, 1.807) is 0 Å². The predicted octanol–water partition coefficient (Wildman–Crippen LogP) is 4.16. The Hall–Kier alpha value is -0.860. The Balaban J connectivity index is 2.03. The van der Waals surface area contributed by atoms with E-state index in [4.69, 9.17) is 0 Å². The summed E-state index contributed by atoms with van der Waals surface area (Å²) >= 11 is 0. The average molecular weight is 288 g/mol. The summed E-state index contributed by atoms with van der Waals surface area (Å²) in [5, 5.41) is 3.68. The summed E-state index contributed by atoms with van der Waals surface area (Å²) < 4.78 is 0. The van der Waals surface area contributed by atoms with Crippen molar-refractivity contribution in [2.45, 2.75) is 58.5 Å². The maximum Gasteiger partial charge on any atom is 0.0475 e. The first kappa shape index (κ1) is 16.5. The van der Waals surface area contributed by atoms with E-state index in [0.717, 1.165) is 12.5 Å². The molecule has 0 heterocycles. The van der Waals surface area contributed by atoms with Gasteiger partial charge in [0.15, 0.2) is 0 Å². The van der Waals surface area contributed by atoms with Crippen LogP contribution in [0.4, 0.5) is 0 Å². The lowest BCUT2D eigenvalue weighted by Crippen LogP contribution is -2.42. The van der Waals surface area contributed by atoms with Crippen LogP contribution in [0.15, 0.2) is 24.3 Å². The van der Waals surface area contributed by atoms with Crippen molar-refractivity contribution in [2.24, 2.45) is 5.92 Å². The third-order valence-electron chi connectivity index (χ3n) is 5.06. The number of rotatable bonds is 7. The molecule has 1 N–H and O–H groups in total. The van der Waals surface area contributed by atoms with E-state index < -0.39 is 0 Å². The number of hydrogen-bond acceptors (Lipinski definition) is 2. The van der Waals surface area contributed by atoms with Gasteiger partial charge in [0.05, 0.1) is 0 Å². The van der Waals surface area contributed by atoms with Crippen molar-refractivity contribution in [1.29, 1.82) is 0 Å². The minimum absolute atomic E-state index is 0.419. The van der Waals surface area contributed by atoms with E-state index in [9.17, 15) is 0 Å². The fraction of sp³-hybridized carbons (Fsp3) is 0.684. The monoisotopic (exact) mass is 288 g/mol.